The molecule has 0 bridgehead atoms. The minimum Gasteiger partial charge on any atom is -0.494 e. The highest BCUT2D eigenvalue weighted by Gasteiger charge is 2.17. The van der Waals surface area contributed by atoms with Crippen LogP contribution in [0.4, 0.5) is 0 Å². The first-order valence-electron chi connectivity index (χ1n) is 9.67. The van der Waals surface area contributed by atoms with Gasteiger partial charge in [-0.25, -0.2) is 0 Å². The number of hydrogen-bond donors (Lipinski definition) is 1. The van der Waals surface area contributed by atoms with Crippen LogP contribution in [0.2, 0.25) is 0 Å². The van der Waals surface area contributed by atoms with E-state index in [0.29, 0.717) is 12.6 Å². The van der Waals surface area contributed by atoms with E-state index >= 15 is 0 Å². The molecule has 1 aliphatic heterocycles. The summed E-state index contributed by atoms with van der Waals surface area (Å²) in [6.45, 7) is 13.1. The normalized spacial score (nSPS) is 16.4. The first-order valence-corrected chi connectivity index (χ1v) is 9.67. The lowest BCUT2D eigenvalue weighted by Gasteiger charge is -2.32. The molecule has 1 aliphatic rings. The van der Waals surface area contributed by atoms with Crippen LogP contribution in [-0.4, -0.2) is 74.8 Å². The quantitative estimate of drug-likeness (QED) is 0.345. The van der Waals surface area contributed by atoms with E-state index in [-0.39, 0.29) is 24.0 Å². The van der Waals surface area contributed by atoms with Crippen molar-refractivity contribution in [2.45, 2.75) is 33.4 Å². The van der Waals surface area contributed by atoms with Gasteiger partial charge in [0.05, 0.1) is 26.4 Å². The van der Waals surface area contributed by atoms with E-state index in [0.717, 1.165) is 57.6 Å². The Hall–Kier alpha value is -1.06. The maximum Gasteiger partial charge on any atom is 0.194 e. The molecule has 0 aliphatic carbocycles. The van der Waals surface area contributed by atoms with E-state index in [1.807, 2.05) is 19.1 Å². The molecule has 7 heteroatoms. The summed E-state index contributed by atoms with van der Waals surface area (Å²) in [6.07, 6.45) is 0. The minimum absolute atomic E-state index is 0. The number of hydrogen-bond acceptors (Lipinski definition) is 4. The van der Waals surface area contributed by atoms with Crippen LogP contribution in [0, 0.1) is 0 Å². The molecule has 0 aromatic heterocycles. The van der Waals surface area contributed by atoms with Crippen molar-refractivity contribution >= 4 is 29.9 Å². The van der Waals surface area contributed by atoms with Gasteiger partial charge in [0.25, 0.3) is 0 Å². The largest absolute Gasteiger partial charge is 0.494 e. The summed E-state index contributed by atoms with van der Waals surface area (Å²) in [7, 11) is 2.08. The third-order valence-electron chi connectivity index (χ3n) is 4.52. The second-order valence-electron chi connectivity index (χ2n) is 6.63. The van der Waals surface area contributed by atoms with Gasteiger partial charge in [-0.2, -0.15) is 0 Å². The molecule has 2 rings (SSSR count). The molecule has 1 saturated heterocycles. The van der Waals surface area contributed by atoms with Crippen LogP contribution in [-0.2, 0) is 11.3 Å². The Balaban J connectivity index is 0.00000364. The van der Waals surface area contributed by atoms with Gasteiger partial charge in [-0.1, -0.05) is 12.1 Å². The Labute approximate surface area is 181 Å². The van der Waals surface area contributed by atoms with E-state index < -0.39 is 0 Å². The smallest absolute Gasteiger partial charge is 0.194 e. The van der Waals surface area contributed by atoms with Crippen molar-refractivity contribution in [3.05, 3.63) is 29.8 Å². The van der Waals surface area contributed by atoms with E-state index in [4.69, 9.17) is 14.5 Å². The number of morpholine rings is 1. The molecular formula is C20H35IN4O2. The highest BCUT2D eigenvalue weighted by molar-refractivity contribution is 14.0. The fourth-order valence-corrected chi connectivity index (χ4v) is 3.03. The van der Waals surface area contributed by atoms with Crippen LogP contribution < -0.4 is 10.1 Å². The molecule has 1 aromatic rings. The van der Waals surface area contributed by atoms with Crippen LogP contribution in [0.5, 0.6) is 5.75 Å². The number of halogens is 1. The molecule has 0 spiro atoms. The van der Waals surface area contributed by atoms with Crippen LogP contribution in [0.15, 0.2) is 29.3 Å². The standard InChI is InChI=1S/C20H34N4O2.HI/c1-5-21-20(22-15-17(3)24-11-13-25-14-12-24)23(4)16-18-7-9-19(10-8-18)26-6-2;/h7-10,17H,5-6,11-16H2,1-4H3,(H,21,22);1H. The van der Waals surface area contributed by atoms with Crippen LogP contribution in [0.25, 0.3) is 0 Å². The van der Waals surface area contributed by atoms with Gasteiger partial charge in [0.2, 0.25) is 0 Å². The zero-order valence-corrected chi connectivity index (χ0v) is 19.4. The maximum absolute atomic E-state index is 5.51. The third kappa shape index (κ3) is 8.23. The molecule has 1 fully saturated rings. The monoisotopic (exact) mass is 490 g/mol. The SMILES string of the molecule is CCNC(=NCC(C)N1CCOCC1)N(C)Cc1ccc(OCC)cc1.I. The van der Waals surface area contributed by atoms with Gasteiger partial charge >= 0.3 is 0 Å². The third-order valence-corrected chi connectivity index (χ3v) is 4.52. The van der Waals surface area contributed by atoms with Gasteiger partial charge in [-0.05, 0) is 38.5 Å². The van der Waals surface area contributed by atoms with E-state index in [1.54, 1.807) is 0 Å². The lowest BCUT2D eigenvalue weighted by molar-refractivity contribution is 0.0220. The van der Waals surface area contributed by atoms with Gasteiger partial charge in [0.15, 0.2) is 5.96 Å². The van der Waals surface area contributed by atoms with Crippen molar-refractivity contribution < 1.29 is 9.47 Å². The van der Waals surface area contributed by atoms with Crippen molar-refractivity contribution in [2.24, 2.45) is 4.99 Å². The van der Waals surface area contributed by atoms with Gasteiger partial charge in [-0.3, -0.25) is 9.89 Å². The zero-order valence-electron chi connectivity index (χ0n) is 17.1. The fraction of sp³-hybridized carbons (Fsp3) is 0.650. The number of aliphatic imine (C=N–C) groups is 1. The van der Waals surface area contributed by atoms with Crippen molar-refractivity contribution in [1.29, 1.82) is 0 Å². The van der Waals surface area contributed by atoms with Gasteiger partial charge in [-0.15, -0.1) is 24.0 Å². The average Bonchev–Trinajstić information content (AvgIpc) is 2.67. The van der Waals surface area contributed by atoms with Crippen molar-refractivity contribution in [2.75, 3.05) is 53.0 Å². The first kappa shape index (κ1) is 24.0. The molecule has 1 aromatic carbocycles. The summed E-state index contributed by atoms with van der Waals surface area (Å²) in [6, 6.07) is 8.70. The van der Waals surface area contributed by atoms with E-state index in [2.05, 4.69) is 48.1 Å². The number of guanidine groups is 1. The molecule has 0 radical (unpaired) electrons. The predicted octanol–water partition coefficient (Wildman–Crippen LogP) is 2.82. The van der Waals surface area contributed by atoms with Crippen molar-refractivity contribution in [1.82, 2.24) is 15.1 Å². The predicted molar refractivity (Wildman–Crippen MR) is 122 cm³/mol. The molecule has 1 unspecified atom stereocenters. The highest BCUT2D eigenvalue weighted by Crippen LogP contribution is 2.13. The summed E-state index contributed by atoms with van der Waals surface area (Å²) in [5, 5.41) is 3.40. The van der Waals surface area contributed by atoms with Crippen LogP contribution >= 0.6 is 24.0 Å². The number of nitrogens with one attached hydrogen (secondary N) is 1. The summed E-state index contributed by atoms with van der Waals surface area (Å²) < 4.78 is 10.9. The van der Waals surface area contributed by atoms with Gasteiger partial charge < -0.3 is 19.7 Å². The maximum atomic E-state index is 5.51. The zero-order chi connectivity index (χ0) is 18.8. The molecular weight excluding hydrogens is 455 g/mol. The van der Waals surface area contributed by atoms with E-state index in [1.165, 1.54) is 5.56 Å². The second kappa shape index (κ2) is 13.2. The lowest BCUT2D eigenvalue weighted by Crippen LogP contribution is -2.44. The number of ether oxygens (including phenoxy) is 2. The van der Waals surface area contributed by atoms with Crippen molar-refractivity contribution in [3.8, 4) is 5.75 Å². The van der Waals surface area contributed by atoms with Gasteiger partial charge in [0.1, 0.15) is 5.75 Å². The summed E-state index contributed by atoms with van der Waals surface area (Å²) in [4.78, 5) is 9.48. The Morgan fingerprint density at radius 3 is 2.52 bits per heavy atom. The molecule has 1 atom stereocenters. The molecule has 27 heavy (non-hydrogen) atoms. The summed E-state index contributed by atoms with van der Waals surface area (Å²) in [5.41, 5.74) is 1.24. The van der Waals surface area contributed by atoms with Crippen LogP contribution in [0.1, 0.15) is 26.3 Å². The molecule has 1 heterocycles. The van der Waals surface area contributed by atoms with Gasteiger partial charge in [0, 0.05) is 39.3 Å². The number of benzene rings is 1. The summed E-state index contributed by atoms with van der Waals surface area (Å²) in [5.74, 6) is 1.86. The molecule has 1 N–H and O–H groups in total. The molecule has 0 saturated carbocycles. The second-order valence-corrected chi connectivity index (χ2v) is 6.63. The molecule has 154 valence electrons. The average molecular weight is 490 g/mol. The minimum atomic E-state index is 0. The Kier molecular flexibility index (Phi) is 11.7. The number of rotatable bonds is 8. The van der Waals surface area contributed by atoms with Crippen molar-refractivity contribution in [3.63, 3.8) is 0 Å². The fourth-order valence-electron chi connectivity index (χ4n) is 3.03. The summed E-state index contributed by atoms with van der Waals surface area (Å²) >= 11 is 0. The highest BCUT2D eigenvalue weighted by atomic mass is 127. The molecule has 6 nitrogen and oxygen atoms in total. The lowest BCUT2D eigenvalue weighted by atomic mass is 10.2. The first-order chi connectivity index (χ1) is 12.6. The van der Waals surface area contributed by atoms with E-state index in [9.17, 15) is 0 Å². The Morgan fingerprint density at radius 1 is 1.26 bits per heavy atom. The van der Waals surface area contributed by atoms with Crippen LogP contribution in [0.3, 0.4) is 0 Å². The number of nitrogens with zero attached hydrogens (tertiary/aromatic N) is 3. The Morgan fingerprint density at radius 2 is 1.93 bits per heavy atom. The molecule has 0 amide bonds. The topological polar surface area (TPSA) is 49.3 Å². The Bertz CT molecular complexity index is 547.